The second kappa shape index (κ2) is 5.54. The topological polar surface area (TPSA) is 57.5 Å². The summed E-state index contributed by atoms with van der Waals surface area (Å²) < 4.78 is 0. The number of hydrogen-bond acceptors (Lipinski definition) is 3. The van der Waals surface area contributed by atoms with Crippen molar-refractivity contribution < 1.29 is 15.0 Å². The van der Waals surface area contributed by atoms with E-state index < -0.39 is 0 Å². The number of fused-ring (bicyclic) bond motifs is 5. The van der Waals surface area contributed by atoms with Crippen LogP contribution in [0.3, 0.4) is 0 Å². The van der Waals surface area contributed by atoms with Gasteiger partial charge in [-0.1, -0.05) is 13.8 Å². The molecular formula is C21H34O3. The highest BCUT2D eigenvalue weighted by Gasteiger charge is 2.62. The Bertz CT molecular complexity index is 531. The molecule has 0 saturated heterocycles. The molecule has 4 aliphatic carbocycles. The molecule has 3 heteroatoms. The SMILES string of the molecule is CC(=O)[C@H]1CC[C@H]2[C@@H]3[C@H](O)CC4CC(O)CC[C@]4(C)[C@H]3CC[C@]12C. The van der Waals surface area contributed by atoms with Crippen LogP contribution in [-0.4, -0.2) is 28.2 Å². The maximum atomic E-state index is 12.2. The summed E-state index contributed by atoms with van der Waals surface area (Å²) in [4.78, 5) is 12.2. The lowest BCUT2D eigenvalue weighted by Gasteiger charge is -2.62. The summed E-state index contributed by atoms with van der Waals surface area (Å²) in [6.07, 6.45) is 7.76. The van der Waals surface area contributed by atoms with E-state index in [4.69, 9.17) is 0 Å². The summed E-state index contributed by atoms with van der Waals surface area (Å²) in [6, 6.07) is 0. The zero-order valence-corrected chi connectivity index (χ0v) is 15.5. The first-order valence-electron chi connectivity index (χ1n) is 10.1. The van der Waals surface area contributed by atoms with Gasteiger partial charge in [-0.2, -0.15) is 0 Å². The third-order valence-electron chi connectivity index (χ3n) is 9.15. The lowest BCUT2D eigenvalue weighted by Crippen LogP contribution is -2.58. The summed E-state index contributed by atoms with van der Waals surface area (Å²) in [5.74, 6) is 2.46. The van der Waals surface area contributed by atoms with Crippen molar-refractivity contribution in [1.29, 1.82) is 0 Å². The minimum absolute atomic E-state index is 0.103. The van der Waals surface area contributed by atoms with Crippen molar-refractivity contribution in [3.63, 3.8) is 0 Å². The van der Waals surface area contributed by atoms with E-state index in [1.54, 1.807) is 6.92 Å². The van der Waals surface area contributed by atoms with Crippen LogP contribution in [0.2, 0.25) is 0 Å². The fraction of sp³-hybridized carbons (Fsp3) is 0.952. The van der Waals surface area contributed by atoms with Crippen LogP contribution in [0.5, 0.6) is 0 Å². The lowest BCUT2D eigenvalue weighted by molar-refractivity contribution is -0.173. The first-order chi connectivity index (χ1) is 11.3. The summed E-state index contributed by atoms with van der Waals surface area (Å²) in [5, 5.41) is 21.2. The zero-order valence-electron chi connectivity index (χ0n) is 15.5. The van der Waals surface area contributed by atoms with Gasteiger partial charge >= 0.3 is 0 Å². The maximum Gasteiger partial charge on any atom is 0.133 e. The van der Waals surface area contributed by atoms with Gasteiger partial charge in [-0.3, -0.25) is 4.79 Å². The van der Waals surface area contributed by atoms with Crippen LogP contribution in [0.25, 0.3) is 0 Å². The standard InChI is InChI=1S/C21H34O3/c1-12(22)15-4-5-16-19-17(7-9-21(15,16)3)20(2)8-6-14(23)10-13(20)11-18(19)24/h13-19,23-24H,4-11H2,1-3H3/t13?,14?,15-,16+,17+,18-,19+,20+,21-/m1/s1. The molecule has 136 valence electrons. The summed E-state index contributed by atoms with van der Waals surface area (Å²) in [7, 11) is 0. The Kier molecular flexibility index (Phi) is 3.93. The second-order valence-corrected chi connectivity index (χ2v) is 10.0. The van der Waals surface area contributed by atoms with E-state index in [1.165, 1.54) is 0 Å². The molecule has 0 radical (unpaired) electrons. The van der Waals surface area contributed by atoms with Gasteiger partial charge in [0.05, 0.1) is 12.2 Å². The van der Waals surface area contributed by atoms with Crippen molar-refractivity contribution in [2.45, 2.75) is 84.3 Å². The first-order valence-corrected chi connectivity index (χ1v) is 10.1. The summed E-state index contributed by atoms with van der Waals surface area (Å²) in [5.41, 5.74) is 0.379. The Labute approximate surface area is 146 Å². The molecule has 9 atom stereocenters. The van der Waals surface area contributed by atoms with Crippen LogP contribution < -0.4 is 0 Å². The van der Waals surface area contributed by atoms with Crippen molar-refractivity contribution in [3.8, 4) is 0 Å². The van der Waals surface area contributed by atoms with Gasteiger partial charge in [0.1, 0.15) is 5.78 Å². The average Bonchev–Trinajstić information content (AvgIpc) is 2.86. The second-order valence-electron chi connectivity index (χ2n) is 10.0. The fourth-order valence-corrected chi connectivity index (χ4v) is 7.87. The van der Waals surface area contributed by atoms with Crippen molar-refractivity contribution in [2.24, 2.45) is 40.4 Å². The average molecular weight is 335 g/mol. The fourth-order valence-electron chi connectivity index (χ4n) is 7.87. The van der Waals surface area contributed by atoms with Gasteiger partial charge < -0.3 is 10.2 Å². The van der Waals surface area contributed by atoms with Gasteiger partial charge in [-0.15, -0.1) is 0 Å². The maximum absolute atomic E-state index is 12.2. The number of rotatable bonds is 1. The van der Waals surface area contributed by atoms with E-state index in [-0.39, 0.29) is 29.0 Å². The van der Waals surface area contributed by atoms with E-state index >= 15 is 0 Å². The van der Waals surface area contributed by atoms with Crippen LogP contribution in [-0.2, 0) is 4.79 Å². The quantitative estimate of drug-likeness (QED) is 0.771. The van der Waals surface area contributed by atoms with Gasteiger partial charge in [-0.05, 0) is 92.8 Å². The molecule has 0 aromatic rings. The van der Waals surface area contributed by atoms with Crippen LogP contribution in [0.1, 0.15) is 72.1 Å². The highest BCUT2D eigenvalue weighted by molar-refractivity contribution is 5.79. The third-order valence-corrected chi connectivity index (χ3v) is 9.15. The van der Waals surface area contributed by atoms with Gasteiger partial charge in [0.15, 0.2) is 0 Å². The van der Waals surface area contributed by atoms with Crippen LogP contribution in [0.4, 0.5) is 0 Å². The highest BCUT2D eigenvalue weighted by atomic mass is 16.3. The number of ketones is 1. The smallest absolute Gasteiger partial charge is 0.133 e. The van der Waals surface area contributed by atoms with E-state index in [2.05, 4.69) is 13.8 Å². The Morgan fingerprint density at radius 2 is 1.58 bits per heavy atom. The molecule has 0 aromatic carbocycles. The highest BCUT2D eigenvalue weighted by Crippen LogP contribution is 2.67. The summed E-state index contributed by atoms with van der Waals surface area (Å²) >= 11 is 0. The molecule has 0 heterocycles. The summed E-state index contributed by atoms with van der Waals surface area (Å²) in [6.45, 7) is 6.54. The minimum atomic E-state index is -0.242. The molecule has 2 unspecified atom stereocenters. The predicted molar refractivity (Wildman–Crippen MR) is 93.3 cm³/mol. The Morgan fingerprint density at radius 1 is 0.917 bits per heavy atom. The number of aliphatic hydroxyl groups excluding tert-OH is 2. The lowest BCUT2D eigenvalue weighted by atomic mass is 9.44. The monoisotopic (exact) mass is 334 g/mol. The van der Waals surface area contributed by atoms with Crippen LogP contribution in [0.15, 0.2) is 0 Å². The van der Waals surface area contributed by atoms with Crippen molar-refractivity contribution >= 4 is 5.78 Å². The number of aliphatic hydroxyl groups is 2. The Hall–Kier alpha value is -0.410. The zero-order chi connectivity index (χ0) is 17.3. The van der Waals surface area contributed by atoms with Crippen molar-refractivity contribution in [1.82, 2.24) is 0 Å². The number of Topliss-reactive ketones (excluding diaryl/α,β-unsaturated/α-hetero) is 1. The number of carbonyl (C=O) groups is 1. The molecular weight excluding hydrogens is 300 g/mol. The Balaban J connectivity index is 1.66. The molecule has 0 bridgehead atoms. The van der Waals surface area contributed by atoms with E-state index in [0.717, 1.165) is 51.4 Å². The third kappa shape index (κ3) is 2.19. The molecule has 2 N–H and O–H groups in total. The van der Waals surface area contributed by atoms with Gasteiger partial charge in [0, 0.05) is 5.92 Å². The minimum Gasteiger partial charge on any atom is -0.393 e. The predicted octanol–water partition coefficient (Wildman–Crippen LogP) is 3.57. The molecule has 4 rings (SSSR count). The normalized spacial score (nSPS) is 57.0. The van der Waals surface area contributed by atoms with Gasteiger partial charge in [0.2, 0.25) is 0 Å². The molecule has 24 heavy (non-hydrogen) atoms. The molecule has 3 nitrogen and oxygen atoms in total. The van der Waals surface area contributed by atoms with Crippen LogP contribution in [0, 0.1) is 40.4 Å². The van der Waals surface area contributed by atoms with E-state index in [1.807, 2.05) is 0 Å². The molecule has 0 aromatic heterocycles. The number of hydrogen-bond donors (Lipinski definition) is 2. The molecule has 4 aliphatic rings. The van der Waals surface area contributed by atoms with Gasteiger partial charge in [0.25, 0.3) is 0 Å². The Morgan fingerprint density at radius 3 is 2.29 bits per heavy atom. The van der Waals surface area contributed by atoms with Crippen molar-refractivity contribution in [3.05, 3.63) is 0 Å². The molecule has 0 spiro atoms. The van der Waals surface area contributed by atoms with Gasteiger partial charge in [-0.25, -0.2) is 0 Å². The molecule has 0 amide bonds. The molecule has 4 saturated carbocycles. The largest absolute Gasteiger partial charge is 0.393 e. The first kappa shape index (κ1) is 17.0. The molecule has 4 fully saturated rings. The molecule has 0 aliphatic heterocycles. The number of carbonyl (C=O) groups excluding carboxylic acids is 1. The van der Waals surface area contributed by atoms with Crippen LogP contribution >= 0.6 is 0 Å². The van der Waals surface area contributed by atoms with E-state index in [9.17, 15) is 15.0 Å². The van der Waals surface area contributed by atoms with Crippen molar-refractivity contribution in [2.75, 3.05) is 0 Å². The van der Waals surface area contributed by atoms with E-state index in [0.29, 0.717) is 29.5 Å².